The van der Waals surface area contributed by atoms with Crippen LogP contribution in [0.1, 0.15) is 25.5 Å². The number of imidazole rings is 1. The van der Waals surface area contributed by atoms with Crippen LogP contribution in [0, 0.1) is 0 Å². The SMILES string of the molecule is CCOc1ccc(-c2cn3c(CC(=O)NC[C@H]4CCCO4)csc3n2)cc1. The van der Waals surface area contributed by atoms with Crippen molar-refractivity contribution >= 4 is 22.2 Å². The summed E-state index contributed by atoms with van der Waals surface area (Å²) in [6.07, 6.45) is 4.59. The van der Waals surface area contributed by atoms with Gasteiger partial charge >= 0.3 is 0 Å². The first-order chi connectivity index (χ1) is 13.2. The van der Waals surface area contributed by atoms with Gasteiger partial charge in [0, 0.05) is 36.0 Å². The summed E-state index contributed by atoms with van der Waals surface area (Å²) in [6, 6.07) is 7.91. The molecule has 1 amide bonds. The number of thiazole rings is 1. The minimum absolute atomic E-state index is 0.0153. The van der Waals surface area contributed by atoms with Crippen molar-refractivity contribution in [2.75, 3.05) is 19.8 Å². The van der Waals surface area contributed by atoms with Gasteiger partial charge in [0.1, 0.15) is 5.75 Å². The van der Waals surface area contributed by atoms with Crippen LogP contribution in [0.2, 0.25) is 0 Å². The molecule has 2 aromatic heterocycles. The normalized spacial score (nSPS) is 16.7. The summed E-state index contributed by atoms with van der Waals surface area (Å²) < 4.78 is 13.0. The van der Waals surface area contributed by atoms with Crippen molar-refractivity contribution in [1.29, 1.82) is 0 Å². The van der Waals surface area contributed by atoms with Crippen molar-refractivity contribution in [3.05, 3.63) is 41.5 Å². The molecule has 0 spiro atoms. The fourth-order valence-electron chi connectivity index (χ4n) is 3.24. The van der Waals surface area contributed by atoms with Crippen LogP contribution in [0.25, 0.3) is 16.2 Å². The summed E-state index contributed by atoms with van der Waals surface area (Å²) in [6.45, 7) is 4.01. The van der Waals surface area contributed by atoms with Crippen molar-refractivity contribution in [3.63, 3.8) is 0 Å². The molecule has 0 aliphatic carbocycles. The fourth-order valence-corrected chi connectivity index (χ4v) is 4.12. The quantitative estimate of drug-likeness (QED) is 0.678. The maximum Gasteiger partial charge on any atom is 0.226 e. The van der Waals surface area contributed by atoms with Gasteiger partial charge in [-0.3, -0.25) is 9.20 Å². The lowest BCUT2D eigenvalue weighted by molar-refractivity contribution is -0.121. The lowest BCUT2D eigenvalue weighted by Crippen LogP contribution is -2.32. The van der Waals surface area contributed by atoms with Gasteiger partial charge in [0.15, 0.2) is 4.96 Å². The molecule has 0 saturated carbocycles. The Kier molecular flexibility index (Phi) is 5.40. The predicted molar refractivity (Wildman–Crippen MR) is 105 cm³/mol. The van der Waals surface area contributed by atoms with Crippen LogP contribution >= 0.6 is 11.3 Å². The molecule has 1 N–H and O–H groups in total. The number of ether oxygens (including phenoxy) is 2. The Morgan fingerprint density at radius 2 is 2.26 bits per heavy atom. The second kappa shape index (κ2) is 8.10. The average molecular weight is 385 g/mol. The van der Waals surface area contributed by atoms with E-state index in [-0.39, 0.29) is 12.0 Å². The molecule has 1 fully saturated rings. The van der Waals surface area contributed by atoms with E-state index in [9.17, 15) is 4.79 Å². The van der Waals surface area contributed by atoms with Crippen molar-refractivity contribution < 1.29 is 14.3 Å². The van der Waals surface area contributed by atoms with Crippen LogP contribution in [-0.2, 0) is 16.0 Å². The zero-order chi connectivity index (χ0) is 18.6. The van der Waals surface area contributed by atoms with Gasteiger partial charge in [-0.2, -0.15) is 0 Å². The smallest absolute Gasteiger partial charge is 0.226 e. The zero-order valence-corrected chi connectivity index (χ0v) is 16.1. The van der Waals surface area contributed by atoms with Gasteiger partial charge in [0.05, 0.1) is 24.8 Å². The highest BCUT2D eigenvalue weighted by atomic mass is 32.1. The Morgan fingerprint density at radius 1 is 1.41 bits per heavy atom. The molecular weight excluding hydrogens is 362 g/mol. The lowest BCUT2D eigenvalue weighted by atomic mass is 10.1. The number of aromatic nitrogens is 2. The van der Waals surface area contributed by atoms with E-state index in [2.05, 4.69) is 10.3 Å². The summed E-state index contributed by atoms with van der Waals surface area (Å²) in [4.78, 5) is 17.9. The molecule has 6 nitrogen and oxygen atoms in total. The van der Waals surface area contributed by atoms with Crippen LogP contribution in [0.15, 0.2) is 35.8 Å². The molecular formula is C20H23N3O3S. The van der Waals surface area contributed by atoms with E-state index >= 15 is 0 Å². The number of hydrogen-bond acceptors (Lipinski definition) is 5. The molecule has 3 aromatic rings. The van der Waals surface area contributed by atoms with Gasteiger partial charge in [-0.15, -0.1) is 11.3 Å². The third-order valence-electron chi connectivity index (χ3n) is 4.64. The second-order valence-electron chi connectivity index (χ2n) is 6.58. The van der Waals surface area contributed by atoms with Crippen LogP contribution < -0.4 is 10.1 Å². The highest BCUT2D eigenvalue weighted by Gasteiger charge is 2.17. The van der Waals surface area contributed by atoms with E-state index in [4.69, 9.17) is 9.47 Å². The first-order valence-electron chi connectivity index (χ1n) is 9.30. The number of amides is 1. The Labute approximate surface area is 162 Å². The topological polar surface area (TPSA) is 64.9 Å². The molecule has 0 radical (unpaired) electrons. The molecule has 0 unspecified atom stereocenters. The number of rotatable bonds is 7. The van der Waals surface area contributed by atoms with Gasteiger partial charge in [-0.05, 0) is 44.0 Å². The van der Waals surface area contributed by atoms with Crippen LogP contribution in [0.5, 0.6) is 5.75 Å². The average Bonchev–Trinajstić information content (AvgIpc) is 3.40. The first-order valence-corrected chi connectivity index (χ1v) is 10.2. The number of fused-ring (bicyclic) bond motifs is 1. The maximum absolute atomic E-state index is 12.3. The van der Waals surface area contributed by atoms with E-state index in [1.807, 2.05) is 47.2 Å². The molecule has 7 heteroatoms. The van der Waals surface area contributed by atoms with E-state index in [0.29, 0.717) is 19.6 Å². The molecule has 1 saturated heterocycles. The van der Waals surface area contributed by atoms with Gasteiger partial charge < -0.3 is 14.8 Å². The van der Waals surface area contributed by atoms with Crippen LogP contribution in [-0.4, -0.2) is 41.2 Å². The predicted octanol–water partition coefficient (Wildman–Crippen LogP) is 3.30. The molecule has 3 heterocycles. The highest BCUT2D eigenvalue weighted by molar-refractivity contribution is 7.15. The molecule has 4 rings (SSSR count). The van der Waals surface area contributed by atoms with Gasteiger partial charge in [-0.1, -0.05) is 0 Å². The molecule has 27 heavy (non-hydrogen) atoms. The summed E-state index contributed by atoms with van der Waals surface area (Å²) in [7, 11) is 0. The maximum atomic E-state index is 12.3. The van der Waals surface area contributed by atoms with E-state index in [1.165, 1.54) is 0 Å². The number of nitrogens with one attached hydrogen (secondary N) is 1. The standard InChI is InChI=1S/C20H23N3O3S/c1-2-25-16-7-5-14(6-8-16)18-12-23-15(13-27-20(23)22-18)10-19(24)21-11-17-4-3-9-26-17/h5-8,12-13,17H,2-4,9-11H2,1H3,(H,21,24)/t17-/m1/s1. The molecule has 1 aromatic carbocycles. The van der Waals surface area contributed by atoms with E-state index in [1.54, 1.807) is 11.3 Å². The number of carbonyl (C=O) groups excluding carboxylic acids is 1. The van der Waals surface area contributed by atoms with Crippen molar-refractivity contribution in [2.24, 2.45) is 0 Å². The third kappa shape index (κ3) is 4.14. The van der Waals surface area contributed by atoms with Crippen LogP contribution in [0.3, 0.4) is 0 Å². The van der Waals surface area contributed by atoms with Gasteiger partial charge in [-0.25, -0.2) is 4.98 Å². The van der Waals surface area contributed by atoms with E-state index in [0.717, 1.165) is 47.1 Å². The minimum Gasteiger partial charge on any atom is -0.494 e. The Bertz CT molecular complexity index is 910. The number of benzene rings is 1. The van der Waals surface area contributed by atoms with Gasteiger partial charge in [0.2, 0.25) is 5.91 Å². The van der Waals surface area contributed by atoms with E-state index < -0.39 is 0 Å². The summed E-state index contributed by atoms with van der Waals surface area (Å²) >= 11 is 1.55. The second-order valence-corrected chi connectivity index (χ2v) is 7.42. The summed E-state index contributed by atoms with van der Waals surface area (Å²) in [5.74, 6) is 0.868. The number of carbonyl (C=O) groups is 1. The first kappa shape index (κ1) is 18.0. The van der Waals surface area contributed by atoms with Crippen molar-refractivity contribution in [2.45, 2.75) is 32.3 Å². The highest BCUT2D eigenvalue weighted by Crippen LogP contribution is 2.25. The summed E-state index contributed by atoms with van der Waals surface area (Å²) in [5, 5.41) is 4.97. The number of nitrogens with zero attached hydrogens (tertiary/aromatic N) is 2. The third-order valence-corrected chi connectivity index (χ3v) is 5.53. The van der Waals surface area contributed by atoms with Crippen LogP contribution in [0.4, 0.5) is 0 Å². The van der Waals surface area contributed by atoms with Crippen molar-refractivity contribution in [3.8, 4) is 17.0 Å². The Hall–Kier alpha value is -2.38. The molecule has 1 atom stereocenters. The zero-order valence-electron chi connectivity index (χ0n) is 15.3. The molecule has 1 aliphatic rings. The molecule has 0 bridgehead atoms. The molecule has 1 aliphatic heterocycles. The minimum atomic E-state index is 0.0153. The lowest BCUT2D eigenvalue weighted by Gasteiger charge is -2.10. The number of hydrogen-bond donors (Lipinski definition) is 1. The van der Waals surface area contributed by atoms with Crippen molar-refractivity contribution in [1.82, 2.24) is 14.7 Å². The Balaban J connectivity index is 1.44. The van der Waals surface area contributed by atoms with Gasteiger partial charge in [0.25, 0.3) is 0 Å². The summed E-state index contributed by atoms with van der Waals surface area (Å²) in [5.41, 5.74) is 2.87. The largest absolute Gasteiger partial charge is 0.494 e. The monoisotopic (exact) mass is 385 g/mol. The Morgan fingerprint density at radius 3 is 3.00 bits per heavy atom. The molecule has 142 valence electrons. The fraction of sp³-hybridized carbons (Fsp3) is 0.400.